The lowest BCUT2D eigenvalue weighted by atomic mass is 9.83. The number of likely N-dealkylation sites (tertiary alicyclic amines) is 1. The Kier molecular flexibility index (Phi) is 9.06. The van der Waals surface area contributed by atoms with Gasteiger partial charge in [0.25, 0.3) is 0 Å². The molecule has 0 aromatic heterocycles. The minimum Gasteiger partial charge on any atom is -0.490 e. The summed E-state index contributed by atoms with van der Waals surface area (Å²) in [6, 6.07) is 8.25. The first-order valence-electron chi connectivity index (χ1n) is 10.5. The molecule has 3 atom stereocenters. The molecule has 28 heavy (non-hydrogen) atoms. The van der Waals surface area contributed by atoms with Gasteiger partial charge in [0.15, 0.2) is 0 Å². The number of ether oxygens (including phenoxy) is 2. The van der Waals surface area contributed by atoms with E-state index in [-0.39, 0.29) is 42.5 Å². The summed E-state index contributed by atoms with van der Waals surface area (Å²) in [5, 5.41) is 0. The Morgan fingerprint density at radius 2 is 1.82 bits per heavy atom. The number of rotatable bonds is 6. The van der Waals surface area contributed by atoms with Crippen LogP contribution in [0, 0.1) is 12.8 Å². The maximum absolute atomic E-state index is 13.0. The molecule has 1 aromatic rings. The highest BCUT2D eigenvalue weighted by molar-refractivity contribution is 5.85. The summed E-state index contributed by atoms with van der Waals surface area (Å²) >= 11 is 0. The van der Waals surface area contributed by atoms with Crippen LogP contribution >= 0.6 is 12.4 Å². The number of nitrogens with two attached hydrogens (primary N) is 1. The molecule has 2 aliphatic rings. The minimum absolute atomic E-state index is 0. The fraction of sp³-hybridized carbons (Fsp3) is 0.682. The summed E-state index contributed by atoms with van der Waals surface area (Å²) in [6.45, 7) is 6.45. The van der Waals surface area contributed by atoms with Crippen molar-refractivity contribution in [1.29, 1.82) is 0 Å². The van der Waals surface area contributed by atoms with Crippen LogP contribution in [0.15, 0.2) is 24.3 Å². The zero-order valence-electron chi connectivity index (χ0n) is 17.1. The Bertz CT molecular complexity index is 602. The molecule has 2 N–H and O–H groups in total. The van der Waals surface area contributed by atoms with E-state index < -0.39 is 0 Å². The van der Waals surface area contributed by atoms with E-state index in [9.17, 15) is 4.79 Å². The molecule has 0 unspecified atom stereocenters. The van der Waals surface area contributed by atoms with E-state index in [1.54, 1.807) is 0 Å². The molecule has 0 bridgehead atoms. The number of amides is 1. The van der Waals surface area contributed by atoms with Crippen LogP contribution in [0.2, 0.25) is 0 Å². The van der Waals surface area contributed by atoms with E-state index in [1.165, 1.54) is 5.56 Å². The maximum Gasteiger partial charge on any atom is 0.225 e. The van der Waals surface area contributed by atoms with Gasteiger partial charge in [-0.1, -0.05) is 24.6 Å². The second-order valence-electron chi connectivity index (χ2n) is 8.04. The van der Waals surface area contributed by atoms with Gasteiger partial charge in [0.2, 0.25) is 5.91 Å². The number of piperidine rings is 1. The van der Waals surface area contributed by atoms with Gasteiger partial charge in [-0.2, -0.15) is 0 Å². The van der Waals surface area contributed by atoms with E-state index in [0.29, 0.717) is 0 Å². The van der Waals surface area contributed by atoms with Crippen LogP contribution in [0.4, 0.5) is 0 Å². The average molecular weight is 411 g/mol. The van der Waals surface area contributed by atoms with Gasteiger partial charge in [0.05, 0.1) is 6.10 Å². The number of halogens is 1. The lowest BCUT2D eigenvalue weighted by molar-refractivity contribution is -0.140. The lowest BCUT2D eigenvalue weighted by Gasteiger charge is -2.38. The van der Waals surface area contributed by atoms with Gasteiger partial charge in [-0.05, 0) is 44.7 Å². The number of carbonyl (C=O) groups is 1. The van der Waals surface area contributed by atoms with Crippen molar-refractivity contribution < 1.29 is 14.3 Å². The molecule has 0 spiro atoms. The molecule has 1 aromatic carbocycles. The normalized spacial score (nSPS) is 25.8. The molecule has 1 amide bonds. The van der Waals surface area contributed by atoms with E-state index in [1.807, 2.05) is 17.0 Å². The van der Waals surface area contributed by atoms with Crippen molar-refractivity contribution in [2.75, 3.05) is 19.7 Å². The zero-order chi connectivity index (χ0) is 19.2. The Morgan fingerprint density at radius 1 is 1.14 bits per heavy atom. The highest BCUT2D eigenvalue weighted by Gasteiger charge is 2.35. The van der Waals surface area contributed by atoms with E-state index in [0.717, 1.165) is 64.0 Å². The summed E-state index contributed by atoms with van der Waals surface area (Å²) in [7, 11) is 0. The second kappa shape index (κ2) is 11.0. The van der Waals surface area contributed by atoms with Gasteiger partial charge in [-0.25, -0.2) is 0 Å². The minimum atomic E-state index is 0. The van der Waals surface area contributed by atoms with Crippen LogP contribution < -0.4 is 10.5 Å². The smallest absolute Gasteiger partial charge is 0.225 e. The molecule has 1 saturated heterocycles. The molecule has 158 valence electrons. The Morgan fingerprint density at radius 3 is 2.46 bits per heavy atom. The maximum atomic E-state index is 13.0. The number of hydrogen-bond acceptors (Lipinski definition) is 4. The summed E-state index contributed by atoms with van der Waals surface area (Å²) in [4.78, 5) is 15.0. The zero-order valence-corrected chi connectivity index (χ0v) is 18.0. The average Bonchev–Trinajstić information content (AvgIpc) is 2.69. The predicted octanol–water partition coefficient (Wildman–Crippen LogP) is 3.71. The van der Waals surface area contributed by atoms with E-state index in [4.69, 9.17) is 15.2 Å². The van der Waals surface area contributed by atoms with Crippen molar-refractivity contribution in [2.24, 2.45) is 11.7 Å². The third-order valence-corrected chi connectivity index (χ3v) is 5.81. The number of nitrogens with zero attached hydrogens (tertiary/aromatic N) is 1. The number of aryl methyl sites for hydroxylation is 1. The third-order valence-electron chi connectivity index (χ3n) is 5.81. The largest absolute Gasteiger partial charge is 0.490 e. The molecular weight excluding hydrogens is 376 g/mol. The summed E-state index contributed by atoms with van der Waals surface area (Å²) in [5.41, 5.74) is 7.43. The van der Waals surface area contributed by atoms with Crippen molar-refractivity contribution in [1.82, 2.24) is 4.90 Å². The molecule has 1 heterocycles. The molecule has 1 aliphatic heterocycles. The molecule has 0 radical (unpaired) electrons. The van der Waals surface area contributed by atoms with Crippen LogP contribution in [-0.2, 0) is 9.53 Å². The molecule has 5 nitrogen and oxygen atoms in total. The van der Waals surface area contributed by atoms with Crippen molar-refractivity contribution in [3.05, 3.63) is 29.8 Å². The van der Waals surface area contributed by atoms with E-state index in [2.05, 4.69) is 26.0 Å². The van der Waals surface area contributed by atoms with Gasteiger partial charge in [-0.15, -0.1) is 12.4 Å². The Labute approximate surface area is 175 Å². The van der Waals surface area contributed by atoms with Crippen LogP contribution in [-0.4, -0.2) is 48.8 Å². The molecule has 6 heteroatoms. The number of benzene rings is 1. The molecule has 2 fully saturated rings. The van der Waals surface area contributed by atoms with Crippen molar-refractivity contribution in [3.8, 4) is 5.75 Å². The molecule has 3 rings (SSSR count). The topological polar surface area (TPSA) is 64.8 Å². The van der Waals surface area contributed by atoms with Crippen molar-refractivity contribution in [3.63, 3.8) is 0 Å². The first-order valence-corrected chi connectivity index (χ1v) is 10.5. The first-order chi connectivity index (χ1) is 13.1. The summed E-state index contributed by atoms with van der Waals surface area (Å²) in [5.74, 6) is 1.25. The van der Waals surface area contributed by atoms with Crippen LogP contribution in [0.5, 0.6) is 5.75 Å². The second-order valence-corrected chi connectivity index (χ2v) is 8.04. The van der Waals surface area contributed by atoms with Gasteiger partial charge >= 0.3 is 0 Å². The molecule has 1 aliphatic carbocycles. The number of hydrogen-bond donors (Lipinski definition) is 1. The van der Waals surface area contributed by atoms with E-state index >= 15 is 0 Å². The standard InChI is InChI=1S/C22H34N2O3.ClH/c1-3-14-26-21-15-17(6-9-20(21)23)22(25)24-12-10-19(11-13-24)27-18-7-4-16(2)5-8-18;/h4-5,7-8,17,19-21H,3,6,9-15,23H2,1-2H3;1H/t17-,20+,21+;/m0./s1. The van der Waals surface area contributed by atoms with Gasteiger partial charge < -0.3 is 20.1 Å². The third kappa shape index (κ3) is 6.10. The van der Waals surface area contributed by atoms with Crippen LogP contribution in [0.3, 0.4) is 0 Å². The number of carbonyl (C=O) groups excluding carboxylic acids is 1. The summed E-state index contributed by atoms with van der Waals surface area (Å²) in [6.07, 6.45) is 5.50. The summed E-state index contributed by atoms with van der Waals surface area (Å²) < 4.78 is 12.0. The van der Waals surface area contributed by atoms with Gasteiger partial charge in [0.1, 0.15) is 11.9 Å². The fourth-order valence-electron chi connectivity index (χ4n) is 4.10. The first kappa shape index (κ1) is 23.0. The highest BCUT2D eigenvalue weighted by Crippen LogP contribution is 2.29. The Hall–Kier alpha value is -1.30. The van der Waals surface area contributed by atoms with Crippen molar-refractivity contribution in [2.45, 2.75) is 70.6 Å². The predicted molar refractivity (Wildman–Crippen MR) is 114 cm³/mol. The van der Waals surface area contributed by atoms with Crippen LogP contribution in [0.1, 0.15) is 51.0 Å². The van der Waals surface area contributed by atoms with Gasteiger partial charge in [-0.3, -0.25) is 4.79 Å². The molecular formula is C22H35ClN2O3. The van der Waals surface area contributed by atoms with Crippen molar-refractivity contribution >= 4 is 18.3 Å². The monoisotopic (exact) mass is 410 g/mol. The van der Waals surface area contributed by atoms with Gasteiger partial charge in [0, 0.05) is 44.5 Å². The SMILES string of the molecule is CCCO[C@@H]1C[C@@H](C(=O)N2CCC(Oc3ccc(C)cc3)CC2)CC[C@H]1N.Cl. The Balaban J connectivity index is 0.00000280. The highest BCUT2D eigenvalue weighted by atomic mass is 35.5. The van der Waals surface area contributed by atoms with Crippen LogP contribution in [0.25, 0.3) is 0 Å². The fourth-order valence-corrected chi connectivity index (χ4v) is 4.10. The quantitative estimate of drug-likeness (QED) is 0.776. The lowest BCUT2D eigenvalue weighted by Crippen LogP contribution is -2.49. The molecule has 1 saturated carbocycles.